The van der Waals surface area contributed by atoms with E-state index >= 15 is 0 Å². The molecule has 3 aromatic rings. The average Bonchev–Trinajstić information content (AvgIpc) is 3.61. The summed E-state index contributed by atoms with van der Waals surface area (Å²) in [5.74, 6) is 3.16. The number of benzene rings is 1. The topological polar surface area (TPSA) is 103 Å². The number of carbonyl (C=O) groups excluding carboxylic acids is 2. The molecule has 0 unspecified atom stereocenters. The molecule has 0 atom stereocenters. The molecule has 10 nitrogen and oxygen atoms in total. The molecule has 5 aliphatic rings. The first-order valence-electron chi connectivity index (χ1n) is 18.4. The van der Waals surface area contributed by atoms with E-state index in [1.165, 1.54) is 11.1 Å². The first-order chi connectivity index (χ1) is 23.6. The standard InChI is InChI=1S/C39H52N6O4/c1-26(2)35-41-25-45(42-35)31-12-19-40-34(21-31)44(36(46)29-6-9-32(10-7-29)49-37(47)43-22-27(3)23-43)24-38-13-16-39(17-14-38,18-15-38)30-8-11-33(48-5)28(4)20-30/h8,11-12,19-21,25-27,29,32H,6-7,9-10,13-18,22-24H2,1-5H3. The van der Waals surface area contributed by atoms with Crippen molar-refractivity contribution in [3.05, 3.63) is 59.8 Å². The van der Waals surface area contributed by atoms with Crippen LogP contribution < -0.4 is 9.64 Å². The molecule has 3 heterocycles. The third-order valence-corrected chi connectivity index (χ3v) is 12.1. The van der Waals surface area contributed by atoms with Gasteiger partial charge in [-0.2, -0.15) is 5.10 Å². The van der Waals surface area contributed by atoms with Gasteiger partial charge in [0.05, 0.1) is 12.8 Å². The van der Waals surface area contributed by atoms with E-state index in [2.05, 4.69) is 50.9 Å². The van der Waals surface area contributed by atoms with Crippen molar-refractivity contribution in [2.75, 3.05) is 31.6 Å². The van der Waals surface area contributed by atoms with Gasteiger partial charge < -0.3 is 14.4 Å². The maximum atomic E-state index is 14.6. The van der Waals surface area contributed by atoms with E-state index in [1.54, 1.807) is 29.2 Å². The van der Waals surface area contributed by atoms with Gasteiger partial charge >= 0.3 is 6.09 Å². The normalized spacial score (nSPS) is 26.8. The van der Waals surface area contributed by atoms with Crippen LogP contribution in [0.1, 0.15) is 108 Å². The Kier molecular flexibility index (Phi) is 9.17. The van der Waals surface area contributed by atoms with Crippen LogP contribution in [0, 0.1) is 24.2 Å². The van der Waals surface area contributed by atoms with Crippen molar-refractivity contribution >= 4 is 17.8 Å². The number of ether oxygens (including phenoxy) is 2. The molecule has 0 spiro atoms. The SMILES string of the molecule is COc1ccc(C23CCC(CN(C(=O)C4CCC(OC(=O)N5CC(C)C5)CC4)c4cc(-n5cnc(C(C)C)n5)ccn4)(CC2)CC3)cc1C. The Hall–Kier alpha value is -3.95. The van der Waals surface area contributed by atoms with Crippen molar-refractivity contribution in [1.82, 2.24) is 24.6 Å². The Morgan fingerprint density at radius 2 is 1.69 bits per heavy atom. The Morgan fingerprint density at radius 1 is 0.980 bits per heavy atom. The fourth-order valence-corrected chi connectivity index (χ4v) is 8.82. The number of carbonyl (C=O) groups is 2. The van der Waals surface area contributed by atoms with Crippen LogP contribution >= 0.6 is 0 Å². The Labute approximate surface area is 290 Å². The highest BCUT2D eigenvalue weighted by molar-refractivity contribution is 5.94. The van der Waals surface area contributed by atoms with E-state index in [1.807, 2.05) is 17.0 Å². The number of pyridine rings is 1. The highest BCUT2D eigenvalue weighted by Crippen LogP contribution is 2.58. The summed E-state index contributed by atoms with van der Waals surface area (Å²) in [6.45, 7) is 10.6. The summed E-state index contributed by atoms with van der Waals surface area (Å²) in [4.78, 5) is 40.3. The van der Waals surface area contributed by atoms with Crippen molar-refractivity contribution in [2.45, 2.75) is 109 Å². The molecule has 1 aliphatic heterocycles. The van der Waals surface area contributed by atoms with Crippen LogP contribution in [-0.2, 0) is 14.9 Å². The predicted octanol–water partition coefficient (Wildman–Crippen LogP) is 7.38. The van der Waals surface area contributed by atoms with Crippen molar-refractivity contribution in [1.29, 1.82) is 0 Å². The lowest BCUT2D eigenvalue weighted by atomic mass is 9.51. The molecule has 2 amide bonds. The number of hydrogen-bond donors (Lipinski definition) is 0. The molecule has 0 radical (unpaired) electrons. The lowest BCUT2D eigenvalue weighted by Gasteiger charge is -2.55. The van der Waals surface area contributed by atoms with Crippen LogP contribution in [-0.4, -0.2) is 69.5 Å². The zero-order valence-electron chi connectivity index (χ0n) is 29.9. The summed E-state index contributed by atoms with van der Waals surface area (Å²) in [6.07, 6.45) is 12.6. The molecule has 262 valence electrons. The molecular formula is C39H52N6O4. The number of aromatic nitrogens is 4. The van der Waals surface area contributed by atoms with E-state index in [4.69, 9.17) is 19.6 Å². The molecular weight excluding hydrogens is 616 g/mol. The van der Waals surface area contributed by atoms with Crippen LogP contribution in [0.15, 0.2) is 42.9 Å². The molecule has 1 aromatic carbocycles. The summed E-state index contributed by atoms with van der Waals surface area (Å²) in [5, 5.41) is 4.70. The molecule has 4 saturated carbocycles. The highest BCUT2D eigenvalue weighted by Gasteiger charge is 2.51. The van der Waals surface area contributed by atoms with E-state index in [0.29, 0.717) is 44.0 Å². The fraction of sp³-hybridized carbons (Fsp3) is 0.615. The van der Waals surface area contributed by atoms with Crippen LogP contribution in [0.4, 0.5) is 10.6 Å². The number of rotatable bonds is 9. The summed E-state index contributed by atoms with van der Waals surface area (Å²) < 4.78 is 13.2. The van der Waals surface area contributed by atoms with Gasteiger partial charge in [-0.25, -0.2) is 19.4 Å². The maximum absolute atomic E-state index is 14.6. The van der Waals surface area contributed by atoms with E-state index in [0.717, 1.165) is 68.9 Å². The van der Waals surface area contributed by atoms with E-state index in [-0.39, 0.29) is 40.8 Å². The second kappa shape index (κ2) is 13.4. The van der Waals surface area contributed by atoms with Crippen molar-refractivity contribution in [2.24, 2.45) is 17.3 Å². The van der Waals surface area contributed by atoms with Gasteiger partial charge in [0.2, 0.25) is 5.91 Å². The van der Waals surface area contributed by atoms with Crippen LogP contribution in [0.25, 0.3) is 5.69 Å². The van der Waals surface area contributed by atoms with Crippen molar-refractivity contribution in [3.63, 3.8) is 0 Å². The Morgan fingerprint density at radius 3 is 2.31 bits per heavy atom. The lowest BCUT2D eigenvalue weighted by molar-refractivity contribution is -0.124. The minimum Gasteiger partial charge on any atom is -0.496 e. The molecule has 5 fully saturated rings. The molecule has 1 saturated heterocycles. The third-order valence-electron chi connectivity index (χ3n) is 12.1. The quantitative estimate of drug-likeness (QED) is 0.235. The van der Waals surface area contributed by atoms with Gasteiger partial charge in [0.1, 0.15) is 24.0 Å². The third kappa shape index (κ3) is 6.67. The number of amides is 2. The first-order valence-corrected chi connectivity index (χ1v) is 18.4. The van der Waals surface area contributed by atoms with Gasteiger partial charge in [-0.15, -0.1) is 0 Å². The van der Waals surface area contributed by atoms with E-state index < -0.39 is 0 Å². The highest BCUT2D eigenvalue weighted by atomic mass is 16.6. The van der Waals surface area contributed by atoms with Gasteiger partial charge in [0, 0.05) is 43.7 Å². The maximum Gasteiger partial charge on any atom is 0.410 e. The van der Waals surface area contributed by atoms with Gasteiger partial charge in [-0.05, 0) is 111 Å². The number of aryl methyl sites for hydroxylation is 1. The van der Waals surface area contributed by atoms with Crippen molar-refractivity contribution in [3.8, 4) is 11.4 Å². The lowest BCUT2D eigenvalue weighted by Crippen LogP contribution is -2.52. The van der Waals surface area contributed by atoms with Gasteiger partial charge in [-0.1, -0.05) is 32.9 Å². The van der Waals surface area contributed by atoms with Gasteiger partial charge in [-0.3, -0.25) is 9.69 Å². The number of methoxy groups -OCH3 is 1. The average molecular weight is 669 g/mol. The number of hydrogen-bond acceptors (Lipinski definition) is 7. The summed E-state index contributed by atoms with van der Waals surface area (Å²) in [6, 6.07) is 10.6. The second-order valence-corrected chi connectivity index (χ2v) is 15.8. The molecule has 10 heteroatoms. The van der Waals surface area contributed by atoms with Gasteiger partial charge in [0.25, 0.3) is 0 Å². The number of nitrogens with zero attached hydrogens (tertiary/aromatic N) is 6. The first kappa shape index (κ1) is 33.5. The minimum atomic E-state index is -0.209. The molecule has 2 aromatic heterocycles. The van der Waals surface area contributed by atoms with Crippen molar-refractivity contribution < 1.29 is 19.1 Å². The number of fused-ring (bicyclic) bond motifs is 3. The van der Waals surface area contributed by atoms with Gasteiger partial charge in [0.15, 0.2) is 5.82 Å². The summed E-state index contributed by atoms with van der Waals surface area (Å²) in [5.41, 5.74) is 3.70. The smallest absolute Gasteiger partial charge is 0.410 e. The van der Waals surface area contributed by atoms with E-state index in [9.17, 15) is 9.59 Å². The molecule has 2 bridgehead atoms. The Bertz CT molecular complexity index is 1650. The summed E-state index contributed by atoms with van der Waals surface area (Å²) in [7, 11) is 1.73. The van der Waals surface area contributed by atoms with Crippen LogP contribution in [0.3, 0.4) is 0 Å². The van der Waals surface area contributed by atoms with Crippen LogP contribution in [0.5, 0.6) is 5.75 Å². The predicted molar refractivity (Wildman–Crippen MR) is 188 cm³/mol. The fourth-order valence-electron chi connectivity index (χ4n) is 8.82. The second-order valence-electron chi connectivity index (χ2n) is 15.8. The van der Waals surface area contributed by atoms with Crippen LogP contribution in [0.2, 0.25) is 0 Å². The molecule has 49 heavy (non-hydrogen) atoms. The minimum absolute atomic E-state index is 0.0514. The zero-order valence-corrected chi connectivity index (χ0v) is 29.9. The number of likely N-dealkylation sites (tertiary alicyclic amines) is 1. The largest absolute Gasteiger partial charge is 0.496 e. The summed E-state index contributed by atoms with van der Waals surface area (Å²) >= 11 is 0. The number of anilines is 1. The monoisotopic (exact) mass is 668 g/mol. The molecule has 8 rings (SSSR count). The molecule has 4 aliphatic carbocycles. The zero-order chi connectivity index (χ0) is 34.3. The molecule has 0 N–H and O–H groups in total. The Balaban J connectivity index is 1.10.